The highest BCUT2D eigenvalue weighted by Crippen LogP contribution is 2.30. The van der Waals surface area contributed by atoms with Gasteiger partial charge < -0.3 is 9.73 Å². The van der Waals surface area contributed by atoms with Gasteiger partial charge in [0.1, 0.15) is 11.3 Å². The normalized spacial score (nSPS) is 18.5. The van der Waals surface area contributed by atoms with E-state index in [9.17, 15) is 0 Å². The summed E-state index contributed by atoms with van der Waals surface area (Å²) >= 11 is 0. The SMILES string of the molecule is CCc1oc2ccccc2c1CNC1(C)CCCCC1. The molecule has 0 amide bonds. The van der Waals surface area contributed by atoms with E-state index in [1.54, 1.807) is 0 Å². The van der Waals surface area contributed by atoms with Gasteiger partial charge in [0.25, 0.3) is 0 Å². The molecule has 0 atom stereocenters. The lowest BCUT2D eigenvalue weighted by Gasteiger charge is -2.34. The van der Waals surface area contributed by atoms with Crippen molar-refractivity contribution in [3.8, 4) is 0 Å². The maximum Gasteiger partial charge on any atom is 0.134 e. The van der Waals surface area contributed by atoms with Gasteiger partial charge in [0.2, 0.25) is 0 Å². The average molecular weight is 271 g/mol. The number of aryl methyl sites for hydroxylation is 1. The monoisotopic (exact) mass is 271 g/mol. The summed E-state index contributed by atoms with van der Waals surface area (Å²) in [5, 5.41) is 5.08. The van der Waals surface area contributed by atoms with Crippen LogP contribution in [0.25, 0.3) is 11.0 Å². The van der Waals surface area contributed by atoms with Gasteiger partial charge in [0.15, 0.2) is 0 Å². The second kappa shape index (κ2) is 5.61. The molecule has 1 fully saturated rings. The third kappa shape index (κ3) is 2.62. The number of furan rings is 1. The highest BCUT2D eigenvalue weighted by atomic mass is 16.3. The summed E-state index contributed by atoms with van der Waals surface area (Å²) in [7, 11) is 0. The Bertz CT molecular complexity index is 578. The predicted octanol–water partition coefficient (Wildman–Crippen LogP) is 4.81. The number of hydrogen-bond acceptors (Lipinski definition) is 2. The first kappa shape index (κ1) is 13.7. The molecule has 0 unspecified atom stereocenters. The molecule has 0 spiro atoms. The van der Waals surface area contributed by atoms with Crippen LogP contribution in [0.4, 0.5) is 0 Å². The minimum absolute atomic E-state index is 0.307. The zero-order valence-corrected chi connectivity index (χ0v) is 12.7. The molecule has 0 radical (unpaired) electrons. The van der Waals surface area contributed by atoms with Crippen LogP contribution < -0.4 is 5.32 Å². The summed E-state index contributed by atoms with van der Waals surface area (Å²) in [5.74, 6) is 1.14. The van der Waals surface area contributed by atoms with E-state index >= 15 is 0 Å². The lowest BCUT2D eigenvalue weighted by Crippen LogP contribution is -2.43. The maximum atomic E-state index is 5.98. The molecule has 1 N–H and O–H groups in total. The Morgan fingerprint density at radius 2 is 1.90 bits per heavy atom. The standard InChI is InChI=1S/C18H25NO/c1-3-16-15(14-9-5-6-10-17(14)20-16)13-19-18(2)11-7-4-8-12-18/h5-6,9-10,19H,3-4,7-8,11-13H2,1-2H3. The highest BCUT2D eigenvalue weighted by Gasteiger charge is 2.26. The van der Waals surface area contributed by atoms with E-state index in [1.807, 2.05) is 6.07 Å². The number of benzene rings is 1. The van der Waals surface area contributed by atoms with Gasteiger partial charge in [-0.05, 0) is 25.8 Å². The van der Waals surface area contributed by atoms with Crippen molar-refractivity contribution < 1.29 is 4.42 Å². The Hall–Kier alpha value is -1.28. The number of nitrogens with one attached hydrogen (secondary N) is 1. The zero-order chi connectivity index (χ0) is 14.0. The van der Waals surface area contributed by atoms with Crippen molar-refractivity contribution >= 4 is 11.0 Å². The average Bonchev–Trinajstić information content (AvgIpc) is 2.84. The Kier molecular flexibility index (Phi) is 3.84. The number of rotatable bonds is 4. The molecular formula is C18H25NO. The molecule has 2 nitrogen and oxygen atoms in total. The molecule has 0 aliphatic heterocycles. The first-order valence-corrected chi connectivity index (χ1v) is 7.96. The van der Waals surface area contributed by atoms with Crippen molar-refractivity contribution in [3.05, 3.63) is 35.6 Å². The van der Waals surface area contributed by atoms with Gasteiger partial charge in [-0.15, -0.1) is 0 Å². The second-order valence-electron chi connectivity index (χ2n) is 6.33. The smallest absolute Gasteiger partial charge is 0.134 e. The summed E-state index contributed by atoms with van der Waals surface area (Å²) < 4.78 is 5.98. The Balaban J connectivity index is 1.82. The molecule has 1 aliphatic rings. The van der Waals surface area contributed by atoms with E-state index in [4.69, 9.17) is 4.42 Å². The molecule has 1 aromatic carbocycles. The van der Waals surface area contributed by atoms with Crippen LogP contribution in [0.15, 0.2) is 28.7 Å². The summed E-state index contributed by atoms with van der Waals surface area (Å²) in [4.78, 5) is 0. The molecule has 0 saturated heterocycles. The van der Waals surface area contributed by atoms with Crippen molar-refractivity contribution in [2.24, 2.45) is 0 Å². The van der Waals surface area contributed by atoms with Crippen molar-refractivity contribution in [2.75, 3.05) is 0 Å². The number of fused-ring (bicyclic) bond motifs is 1. The van der Waals surface area contributed by atoms with Gasteiger partial charge in [-0.2, -0.15) is 0 Å². The van der Waals surface area contributed by atoms with E-state index in [1.165, 1.54) is 43.1 Å². The minimum Gasteiger partial charge on any atom is -0.461 e. The molecule has 2 heteroatoms. The van der Waals surface area contributed by atoms with Crippen LogP contribution in [-0.4, -0.2) is 5.54 Å². The van der Waals surface area contributed by atoms with Crippen LogP contribution in [0.3, 0.4) is 0 Å². The first-order chi connectivity index (χ1) is 9.72. The summed E-state index contributed by atoms with van der Waals surface area (Å²) in [6.45, 7) is 5.47. The van der Waals surface area contributed by atoms with Gasteiger partial charge in [-0.1, -0.05) is 44.4 Å². The highest BCUT2D eigenvalue weighted by molar-refractivity contribution is 5.82. The van der Waals surface area contributed by atoms with E-state index < -0.39 is 0 Å². The van der Waals surface area contributed by atoms with Crippen LogP contribution in [0.5, 0.6) is 0 Å². The predicted molar refractivity (Wildman–Crippen MR) is 83.9 cm³/mol. The van der Waals surface area contributed by atoms with E-state index in [-0.39, 0.29) is 0 Å². The molecule has 20 heavy (non-hydrogen) atoms. The molecule has 1 saturated carbocycles. The Morgan fingerprint density at radius 1 is 1.15 bits per heavy atom. The molecule has 2 aromatic rings. The fourth-order valence-corrected chi connectivity index (χ4v) is 3.44. The van der Waals surface area contributed by atoms with Crippen LogP contribution in [-0.2, 0) is 13.0 Å². The maximum absolute atomic E-state index is 5.98. The number of para-hydroxylation sites is 1. The third-order valence-electron chi connectivity index (χ3n) is 4.75. The minimum atomic E-state index is 0.307. The largest absolute Gasteiger partial charge is 0.461 e. The lowest BCUT2D eigenvalue weighted by atomic mass is 9.83. The third-order valence-corrected chi connectivity index (χ3v) is 4.75. The van der Waals surface area contributed by atoms with Gasteiger partial charge in [-0.3, -0.25) is 0 Å². The van der Waals surface area contributed by atoms with Gasteiger partial charge in [0.05, 0.1) is 0 Å². The topological polar surface area (TPSA) is 25.2 Å². The Labute approximate surface area is 121 Å². The van der Waals surface area contributed by atoms with Crippen LogP contribution in [0.2, 0.25) is 0 Å². The Morgan fingerprint density at radius 3 is 2.65 bits per heavy atom. The van der Waals surface area contributed by atoms with Crippen molar-refractivity contribution in [3.63, 3.8) is 0 Å². The first-order valence-electron chi connectivity index (χ1n) is 7.96. The molecule has 3 rings (SSSR count). The molecule has 1 aliphatic carbocycles. The molecule has 1 aromatic heterocycles. The van der Waals surface area contributed by atoms with Crippen LogP contribution in [0, 0.1) is 0 Å². The van der Waals surface area contributed by atoms with Crippen molar-refractivity contribution in [2.45, 2.75) is 64.5 Å². The number of hydrogen-bond donors (Lipinski definition) is 1. The van der Waals surface area contributed by atoms with Gasteiger partial charge >= 0.3 is 0 Å². The molecule has 0 bridgehead atoms. The second-order valence-corrected chi connectivity index (χ2v) is 6.33. The summed E-state index contributed by atoms with van der Waals surface area (Å²) in [6.07, 6.45) is 7.66. The molecule has 1 heterocycles. The van der Waals surface area contributed by atoms with Crippen molar-refractivity contribution in [1.29, 1.82) is 0 Å². The van der Waals surface area contributed by atoms with E-state index in [2.05, 4.69) is 37.4 Å². The lowest BCUT2D eigenvalue weighted by molar-refractivity contribution is 0.252. The van der Waals surface area contributed by atoms with Crippen molar-refractivity contribution in [1.82, 2.24) is 5.32 Å². The van der Waals surface area contributed by atoms with Crippen LogP contribution in [0.1, 0.15) is 57.3 Å². The van der Waals surface area contributed by atoms with E-state index in [0.29, 0.717) is 5.54 Å². The van der Waals surface area contributed by atoms with Crippen LogP contribution >= 0.6 is 0 Å². The van der Waals surface area contributed by atoms with E-state index in [0.717, 1.165) is 24.3 Å². The molecule has 108 valence electrons. The zero-order valence-electron chi connectivity index (χ0n) is 12.7. The molecular weight excluding hydrogens is 246 g/mol. The van der Waals surface area contributed by atoms with Gasteiger partial charge in [0, 0.05) is 29.5 Å². The summed E-state index contributed by atoms with van der Waals surface area (Å²) in [6, 6.07) is 8.40. The van der Waals surface area contributed by atoms with Gasteiger partial charge in [-0.25, -0.2) is 0 Å². The fourth-order valence-electron chi connectivity index (χ4n) is 3.44. The fraction of sp³-hybridized carbons (Fsp3) is 0.556. The summed E-state index contributed by atoms with van der Waals surface area (Å²) in [5.41, 5.74) is 2.69. The quantitative estimate of drug-likeness (QED) is 0.863.